The fourth-order valence-corrected chi connectivity index (χ4v) is 1.99. The predicted octanol–water partition coefficient (Wildman–Crippen LogP) is 1.82. The molecule has 7 heteroatoms. The van der Waals surface area contributed by atoms with Crippen LogP contribution in [0.2, 0.25) is 0 Å². The van der Waals surface area contributed by atoms with Gasteiger partial charge in [0.2, 0.25) is 11.8 Å². The molecule has 0 spiro atoms. The summed E-state index contributed by atoms with van der Waals surface area (Å²) in [6, 6.07) is 2.83. The van der Waals surface area contributed by atoms with Gasteiger partial charge in [-0.1, -0.05) is 0 Å². The lowest BCUT2D eigenvalue weighted by atomic mass is 10.1. The van der Waals surface area contributed by atoms with Gasteiger partial charge in [-0.25, -0.2) is 0 Å². The van der Waals surface area contributed by atoms with Gasteiger partial charge < -0.3 is 5.73 Å². The number of halogens is 3. The Morgan fingerprint density at radius 2 is 1.74 bits per heavy atom. The summed E-state index contributed by atoms with van der Waals surface area (Å²) in [5, 5.41) is 0. The van der Waals surface area contributed by atoms with Crippen LogP contribution in [0.4, 0.5) is 18.9 Å². The Bertz CT molecular complexity index is 524. The van der Waals surface area contributed by atoms with Crippen molar-refractivity contribution in [2.75, 3.05) is 4.90 Å². The molecule has 0 atom stereocenters. The number of carbonyl (C=O) groups is 2. The first-order chi connectivity index (χ1) is 8.84. The minimum absolute atomic E-state index is 0.0733. The molecule has 0 unspecified atom stereocenters. The average Bonchev–Trinajstić information content (AvgIpc) is 2.67. The van der Waals surface area contributed by atoms with E-state index < -0.39 is 23.6 Å². The second-order valence-corrected chi connectivity index (χ2v) is 4.17. The Balaban J connectivity index is 2.47. The van der Waals surface area contributed by atoms with Gasteiger partial charge >= 0.3 is 6.18 Å². The standard InChI is InChI=1S/C12H11F3N2O2/c13-12(14,15)8-1-2-9(7(5-8)6-16)17-10(18)3-4-11(17)19/h1-2,5H,3-4,6,16H2. The van der Waals surface area contributed by atoms with Crippen molar-refractivity contribution in [2.24, 2.45) is 5.73 Å². The molecule has 0 aliphatic carbocycles. The van der Waals surface area contributed by atoms with Gasteiger partial charge in [0.1, 0.15) is 0 Å². The molecular weight excluding hydrogens is 261 g/mol. The van der Waals surface area contributed by atoms with E-state index in [0.717, 1.165) is 23.1 Å². The number of nitrogens with two attached hydrogens (primary N) is 1. The van der Waals surface area contributed by atoms with E-state index in [1.807, 2.05) is 0 Å². The molecule has 0 saturated carbocycles. The number of alkyl halides is 3. The average molecular weight is 272 g/mol. The Kier molecular flexibility index (Phi) is 3.32. The van der Waals surface area contributed by atoms with Gasteiger partial charge in [0.05, 0.1) is 11.3 Å². The molecule has 19 heavy (non-hydrogen) atoms. The molecule has 1 saturated heterocycles. The molecule has 2 rings (SSSR count). The highest BCUT2D eigenvalue weighted by Gasteiger charge is 2.34. The van der Waals surface area contributed by atoms with Gasteiger partial charge in [-0.05, 0) is 23.8 Å². The SMILES string of the molecule is NCc1cc(C(F)(F)F)ccc1N1C(=O)CCC1=O. The molecule has 1 aromatic carbocycles. The van der Waals surface area contributed by atoms with Gasteiger partial charge in [0.25, 0.3) is 0 Å². The Morgan fingerprint density at radius 1 is 1.16 bits per heavy atom. The molecule has 0 bridgehead atoms. The number of carbonyl (C=O) groups excluding carboxylic acids is 2. The van der Waals surface area contributed by atoms with Crippen LogP contribution in [-0.2, 0) is 22.3 Å². The normalized spacial score (nSPS) is 16.3. The van der Waals surface area contributed by atoms with E-state index >= 15 is 0 Å². The number of imide groups is 1. The lowest BCUT2D eigenvalue weighted by molar-refractivity contribution is -0.137. The van der Waals surface area contributed by atoms with Crippen molar-refractivity contribution >= 4 is 17.5 Å². The highest BCUT2D eigenvalue weighted by Crippen LogP contribution is 2.34. The number of amides is 2. The van der Waals surface area contributed by atoms with Crippen molar-refractivity contribution in [3.63, 3.8) is 0 Å². The minimum atomic E-state index is -4.48. The number of nitrogens with zero attached hydrogens (tertiary/aromatic N) is 1. The van der Waals surface area contributed by atoms with Gasteiger partial charge in [-0.2, -0.15) is 13.2 Å². The van der Waals surface area contributed by atoms with Crippen molar-refractivity contribution in [3.8, 4) is 0 Å². The van der Waals surface area contributed by atoms with E-state index in [1.54, 1.807) is 0 Å². The van der Waals surface area contributed by atoms with Crippen LogP contribution in [0.25, 0.3) is 0 Å². The molecule has 4 nitrogen and oxygen atoms in total. The predicted molar refractivity (Wildman–Crippen MR) is 61.1 cm³/mol. The summed E-state index contributed by atoms with van der Waals surface area (Å²) >= 11 is 0. The minimum Gasteiger partial charge on any atom is -0.326 e. The van der Waals surface area contributed by atoms with Crippen molar-refractivity contribution in [1.29, 1.82) is 0 Å². The zero-order valence-corrected chi connectivity index (χ0v) is 9.83. The van der Waals surface area contributed by atoms with Crippen LogP contribution in [0.3, 0.4) is 0 Å². The maximum absolute atomic E-state index is 12.6. The second-order valence-electron chi connectivity index (χ2n) is 4.17. The summed E-state index contributed by atoms with van der Waals surface area (Å²) in [4.78, 5) is 24.1. The van der Waals surface area contributed by atoms with Gasteiger partial charge in [0.15, 0.2) is 0 Å². The molecule has 102 valence electrons. The monoisotopic (exact) mass is 272 g/mol. The molecule has 0 radical (unpaired) electrons. The summed E-state index contributed by atoms with van der Waals surface area (Å²) in [5.41, 5.74) is 4.82. The molecule has 1 heterocycles. The summed E-state index contributed by atoms with van der Waals surface area (Å²) in [7, 11) is 0. The van der Waals surface area contributed by atoms with Crippen LogP contribution in [0.5, 0.6) is 0 Å². The molecule has 0 aromatic heterocycles. The highest BCUT2D eigenvalue weighted by molar-refractivity contribution is 6.20. The number of rotatable bonds is 2. The Hall–Kier alpha value is -1.89. The van der Waals surface area contributed by atoms with E-state index in [2.05, 4.69) is 0 Å². The van der Waals surface area contributed by atoms with Crippen LogP contribution in [0, 0.1) is 0 Å². The van der Waals surface area contributed by atoms with E-state index in [1.165, 1.54) is 0 Å². The molecule has 1 fully saturated rings. The summed E-state index contributed by atoms with van der Waals surface area (Å²) in [5.74, 6) is -0.834. The largest absolute Gasteiger partial charge is 0.416 e. The van der Waals surface area contributed by atoms with Gasteiger partial charge in [0, 0.05) is 19.4 Å². The third-order valence-electron chi connectivity index (χ3n) is 2.92. The highest BCUT2D eigenvalue weighted by atomic mass is 19.4. The molecule has 1 aliphatic rings. The second kappa shape index (κ2) is 4.65. The lowest BCUT2D eigenvalue weighted by Crippen LogP contribution is -2.30. The summed E-state index contributed by atoms with van der Waals surface area (Å²) in [6.07, 6.45) is -4.34. The number of anilines is 1. The lowest BCUT2D eigenvalue weighted by Gasteiger charge is -2.19. The first kappa shape index (κ1) is 13.5. The van der Waals surface area contributed by atoms with Crippen LogP contribution in [0.15, 0.2) is 18.2 Å². The smallest absolute Gasteiger partial charge is 0.326 e. The van der Waals surface area contributed by atoms with Crippen LogP contribution >= 0.6 is 0 Å². The first-order valence-electron chi connectivity index (χ1n) is 5.60. The maximum atomic E-state index is 12.6. The van der Waals surface area contributed by atoms with Crippen molar-refractivity contribution in [1.82, 2.24) is 0 Å². The van der Waals surface area contributed by atoms with E-state index in [9.17, 15) is 22.8 Å². The number of benzene rings is 1. The molecule has 2 amide bonds. The third kappa shape index (κ3) is 2.46. The quantitative estimate of drug-likeness (QED) is 0.835. The van der Waals surface area contributed by atoms with Gasteiger partial charge in [-0.15, -0.1) is 0 Å². The van der Waals surface area contributed by atoms with Crippen molar-refractivity contribution in [2.45, 2.75) is 25.6 Å². The summed E-state index contributed by atoms with van der Waals surface area (Å²) in [6.45, 7) is -0.184. The van der Waals surface area contributed by atoms with E-state index in [-0.39, 0.29) is 30.6 Å². The number of hydrogen-bond donors (Lipinski definition) is 1. The Labute approximate surface area is 107 Å². The zero-order valence-electron chi connectivity index (χ0n) is 9.83. The van der Waals surface area contributed by atoms with Crippen LogP contribution in [-0.4, -0.2) is 11.8 Å². The third-order valence-corrected chi connectivity index (χ3v) is 2.92. The molecular formula is C12H11F3N2O2. The van der Waals surface area contributed by atoms with Crippen molar-refractivity contribution < 1.29 is 22.8 Å². The molecule has 1 aliphatic heterocycles. The first-order valence-corrected chi connectivity index (χ1v) is 5.60. The van der Waals surface area contributed by atoms with Crippen LogP contribution < -0.4 is 10.6 Å². The van der Waals surface area contributed by atoms with Crippen molar-refractivity contribution in [3.05, 3.63) is 29.3 Å². The maximum Gasteiger partial charge on any atom is 0.416 e. The fourth-order valence-electron chi connectivity index (χ4n) is 1.99. The van der Waals surface area contributed by atoms with Gasteiger partial charge in [-0.3, -0.25) is 14.5 Å². The molecule has 2 N–H and O–H groups in total. The number of hydrogen-bond acceptors (Lipinski definition) is 3. The molecule has 1 aromatic rings. The van der Waals surface area contributed by atoms with Crippen LogP contribution in [0.1, 0.15) is 24.0 Å². The summed E-state index contributed by atoms with van der Waals surface area (Å²) < 4.78 is 37.7. The van der Waals surface area contributed by atoms with E-state index in [4.69, 9.17) is 5.73 Å². The zero-order chi connectivity index (χ0) is 14.2. The Morgan fingerprint density at radius 3 is 2.21 bits per heavy atom. The topological polar surface area (TPSA) is 63.4 Å². The van der Waals surface area contributed by atoms with E-state index in [0.29, 0.717) is 0 Å². The fraction of sp³-hybridized carbons (Fsp3) is 0.333.